The van der Waals surface area contributed by atoms with Crippen molar-refractivity contribution in [3.8, 4) is 12.1 Å². The van der Waals surface area contributed by atoms with Crippen molar-refractivity contribution < 1.29 is 18.6 Å². The van der Waals surface area contributed by atoms with E-state index in [4.69, 9.17) is 10.5 Å². The molecule has 2 fully saturated rings. The fourth-order valence-electron chi connectivity index (χ4n) is 5.73. The number of aryl methyl sites for hydroxylation is 3. The van der Waals surface area contributed by atoms with Gasteiger partial charge in [0.05, 0.1) is 25.0 Å². The second-order valence-corrected chi connectivity index (χ2v) is 12.4. The van der Waals surface area contributed by atoms with Crippen molar-refractivity contribution in [1.29, 1.82) is 10.5 Å². The van der Waals surface area contributed by atoms with Gasteiger partial charge < -0.3 is 15.1 Å². The van der Waals surface area contributed by atoms with Gasteiger partial charge in [-0.25, -0.2) is 19.9 Å². The number of hydrogen-bond donors (Lipinski definition) is 1. The van der Waals surface area contributed by atoms with Gasteiger partial charge in [-0.2, -0.15) is 10.5 Å². The van der Waals surface area contributed by atoms with E-state index in [1.807, 2.05) is 51.1 Å². The third-order valence-corrected chi connectivity index (χ3v) is 8.44. The summed E-state index contributed by atoms with van der Waals surface area (Å²) in [7, 11) is 0. The van der Waals surface area contributed by atoms with E-state index in [9.17, 15) is 0 Å². The Hall–Kier alpha value is -4.44. The Morgan fingerprint density at radius 2 is 1.21 bits per heavy atom. The zero-order valence-electron chi connectivity index (χ0n) is 28.7. The van der Waals surface area contributed by atoms with Gasteiger partial charge in [0.25, 0.3) is 0 Å². The van der Waals surface area contributed by atoms with Crippen molar-refractivity contribution in [3.63, 3.8) is 0 Å². The Labute approximate surface area is 298 Å². The molecule has 4 heterocycles. The monoisotopic (exact) mass is 680 g/mol. The van der Waals surface area contributed by atoms with Gasteiger partial charge in [-0.3, -0.25) is 0 Å². The zero-order valence-corrected chi connectivity index (χ0v) is 30.1. The van der Waals surface area contributed by atoms with Gasteiger partial charge in [-0.1, -0.05) is 31.2 Å². The van der Waals surface area contributed by atoms with E-state index in [1.54, 1.807) is 12.4 Å². The maximum absolute atomic E-state index is 8.83. The third kappa shape index (κ3) is 12.6. The van der Waals surface area contributed by atoms with Crippen LogP contribution in [0.15, 0.2) is 73.1 Å². The van der Waals surface area contributed by atoms with Crippen LogP contribution in [-0.4, -0.2) is 52.2 Å². The Kier molecular flexibility index (Phi) is 15.9. The summed E-state index contributed by atoms with van der Waals surface area (Å²) in [6.07, 6.45) is 9.21. The zero-order chi connectivity index (χ0) is 33.4. The van der Waals surface area contributed by atoms with Gasteiger partial charge in [0.15, 0.2) is 0 Å². The Balaban J connectivity index is 0.000000216. The fourth-order valence-corrected chi connectivity index (χ4v) is 5.73. The number of anilines is 3. The molecule has 249 valence electrons. The first-order chi connectivity index (χ1) is 22.8. The van der Waals surface area contributed by atoms with Crippen molar-refractivity contribution in [2.45, 2.75) is 72.3 Å². The van der Waals surface area contributed by atoms with Crippen LogP contribution < -0.4 is 15.1 Å². The summed E-state index contributed by atoms with van der Waals surface area (Å²) >= 11 is 0. The Morgan fingerprint density at radius 1 is 0.708 bits per heavy atom. The molecule has 0 unspecified atom stereocenters. The molecule has 0 saturated carbocycles. The molecule has 0 aliphatic carbocycles. The summed E-state index contributed by atoms with van der Waals surface area (Å²) < 4.78 is 0. The number of nitrogens with one attached hydrogen (secondary N) is 1. The van der Waals surface area contributed by atoms with Gasteiger partial charge in [0.1, 0.15) is 5.82 Å². The van der Waals surface area contributed by atoms with Crippen LogP contribution in [0.3, 0.4) is 0 Å². The van der Waals surface area contributed by atoms with Gasteiger partial charge >= 0.3 is 0 Å². The summed E-state index contributed by atoms with van der Waals surface area (Å²) in [6.45, 7) is 12.4. The normalized spacial score (nSPS) is 14.5. The molecule has 1 N–H and O–H groups in total. The molecule has 0 amide bonds. The largest absolute Gasteiger partial charge is 0.372 e. The van der Waals surface area contributed by atoms with Crippen LogP contribution in [0.1, 0.15) is 60.9 Å². The Bertz CT molecular complexity index is 1610. The average molecular weight is 681 g/mol. The SMILES string of the molecule is CC1CCN(c2cccc(CC#N)c2)CC1.Cc1ccnc(C)n1.Cc1ccnc(NC2CCN(c3cccc(CC#N)c3)CC2)n1.[V]. The maximum atomic E-state index is 8.83. The summed E-state index contributed by atoms with van der Waals surface area (Å²) in [6, 6.07) is 25.3. The average Bonchev–Trinajstić information content (AvgIpc) is 3.07. The first kappa shape index (κ1) is 38.0. The van der Waals surface area contributed by atoms with Crippen LogP contribution in [0, 0.1) is 49.4 Å². The number of rotatable bonds is 6. The van der Waals surface area contributed by atoms with E-state index in [0.29, 0.717) is 18.9 Å². The van der Waals surface area contributed by atoms with Crippen molar-refractivity contribution in [2.75, 3.05) is 41.3 Å². The predicted molar refractivity (Wildman–Crippen MR) is 189 cm³/mol. The third-order valence-electron chi connectivity index (χ3n) is 8.44. The molecule has 0 spiro atoms. The molecule has 0 bridgehead atoms. The number of nitrogens with zero attached hydrogens (tertiary/aromatic N) is 8. The molecule has 9 nitrogen and oxygen atoms in total. The molecule has 4 aromatic rings. The molecule has 6 rings (SSSR count). The minimum absolute atomic E-state index is 0. The van der Waals surface area contributed by atoms with Crippen LogP contribution in [0.4, 0.5) is 17.3 Å². The van der Waals surface area contributed by atoms with Crippen molar-refractivity contribution in [3.05, 3.63) is 101 Å². The molecule has 2 aliphatic heterocycles. The minimum atomic E-state index is 0. The van der Waals surface area contributed by atoms with Crippen molar-refractivity contribution in [1.82, 2.24) is 19.9 Å². The summed E-state index contributed by atoms with van der Waals surface area (Å²) in [5, 5.41) is 21.0. The summed E-state index contributed by atoms with van der Waals surface area (Å²) in [5.41, 5.74) is 6.70. The molecule has 1 radical (unpaired) electrons. The van der Waals surface area contributed by atoms with E-state index in [0.717, 1.165) is 79.2 Å². The molecular formula is C38H47N9V. The fraction of sp³-hybridized carbons (Fsp3) is 0.421. The first-order valence-corrected chi connectivity index (χ1v) is 16.6. The number of piperidine rings is 2. The topological polar surface area (TPSA) is 118 Å². The molecule has 2 saturated heterocycles. The van der Waals surface area contributed by atoms with E-state index in [2.05, 4.69) is 84.4 Å². The predicted octanol–water partition coefficient (Wildman–Crippen LogP) is 7.01. The first-order valence-electron chi connectivity index (χ1n) is 16.6. The van der Waals surface area contributed by atoms with Gasteiger partial charge in [-0.05, 0) is 99.9 Å². The quantitative estimate of drug-likeness (QED) is 0.229. The molecule has 10 heteroatoms. The van der Waals surface area contributed by atoms with E-state index in [1.165, 1.54) is 24.2 Å². The van der Waals surface area contributed by atoms with Crippen LogP contribution in [0.5, 0.6) is 0 Å². The standard InChI is InChI=1S/C18H21N5.C14H18N2.C6H8N2.V/c1-14-6-10-20-18(21-14)22-16-7-11-23(12-8-16)17-4-2-3-15(13-17)5-9-19;1-12-6-9-16(10-7-12)14-4-2-3-13(11-14)5-8-15;1-5-3-4-7-6(2)8-5;/h2-4,6,10,13,16H,5,7-8,11-12H2,1H3,(H,20,21,22);2-4,11-12H,5-7,9-10H2,1H3;3-4H,1-2H3;. The molecule has 0 atom stereocenters. The Morgan fingerprint density at radius 3 is 1.67 bits per heavy atom. The molecule has 48 heavy (non-hydrogen) atoms. The van der Waals surface area contributed by atoms with Crippen molar-refractivity contribution >= 4 is 17.3 Å². The smallest absolute Gasteiger partial charge is 0.223 e. The van der Waals surface area contributed by atoms with Crippen LogP contribution in [-0.2, 0) is 31.4 Å². The summed E-state index contributed by atoms with van der Waals surface area (Å²) in [4.78, 5) is 21.5. The molecule has 2 aromatic heterocycles. The van der Waals surface area contributed by atoms with Crippen molar-refractivity contribution in [2.24, 2.45) is 5.92 Å². The van der Waals surface area contributed by atoms with Crippen LogP contribution in [0.25, 0.3) is 0 Å². The van der Waals surface area contributed by atoms with Crippen LogP contribution >= 0.6 is 0 Å². The van der Waals surface area contributed by atoms with E-state index >= 15 is 0 Å². The van der Waals surface area contributed by atoms with Gasteiger partial charge in [-0.15, -0.1) is 0 Å². The van der Waals surface area contributed by atoms with Gasteiger partial charge in [0.2, 0.25) is 5.95 Å². The van der Waals surface area contributed by atoms with E-state index < -0.39 is 0 Å². The number of aromatic nitrogens is 4. The minimum Gasteiger partial charge on any atom is -0.372 e. The second kappa shape index (κ2) is 20.0. The van der Waals surface area contributed by atoms with Gasteiger partial charge in [0, 0.05) is 85.9 Å². The molecule has 2 aromatic carbocycles. The van der Waals surface area contributed by atoms with Crippen LogP contribution in [0.2, 0.25) is 0 Å². The number of hydrogen-bond acceptors (Lipinski definition) is 9. The van der Waals surface area contributed by atoms with E-state index in [-0.39, 0.29) is 18.6 Å². The molecular weight excluding hydrogens is 633 g/mol. The number of nitriles is 2. The maximum Gasteiger partial charge on any atom is 0.223 e. The summed E-state index contributed by atoms with van der Waals surface area (Å²) in [5.74, 6) is 2.42. The second-order valence-electron chi connectivity index (χ2n) is 12.4. The molecule has 2 aliphatic rings. The number of benzene rings is 2.